The van der Waals surface area contributed by atoms with Crippen LogP contribution in [0.15, 0.2) is 80.9 Å². The molecule has 0 aliphatic heterocycles. The van der Waals surface area contributed by atoms with E-state index in [1.165, 1.54) is 39.7 Å². The van der Waals surface area contributed by atoms with Crippen LogP contribution in [0.5, 0.6) is 0 Å². The molecule has 0 radical (unpaired) electrons. The van der Waals surface area contributed by atoms with Crippen LogP contribution in [-0.2, 0) is 17.4 Å². The molecule has 0 saturated heterocycles. The summed E-state index contributed by atoms with van der Waals surface area (Å²) in [6.07, 6.45) is 1.10. The highest BCUT2D eigenvalue weighted by Gasteiger charge is 2.69. The molecular formula is C28H29IN2O8S. The van der Waals surface area contributed by atoms with Gasteiger partial charge in [0, 0.05) is 34.5 Å². The Labute approximate surface area is 248 Å². The Balaban J connectivity index is 1.76. The fourth-order valence-corrected chi connectivity index (χ4v) is 8.46. The predicted octanol–water partition coefficient (Wildman–Crippen LogP) is 2.84. The second kappa shape index (κ2) is 10.6. The number of nitrogens with zero attached hydrogens (tertiary/aromatic N) is 1. The number of hydrogen-bond acceptors (Lipinski definition) is 10. The summed E-state index contributed by atoms with van der Waals surface area (Å²) in [6, 6.07) is 8.36. The van der Waals surface area contributed by atoms with Gasteiger partial charge in [-0.25, -0.2) is 0 Å². The number of likely N-dealkylation sites (N-methyl/N-ethyl adjacent to an activating group) is 1. The smallest absolute Gasteiger partial charge is 0.255 e. The predicted molar refractivity (Wildman–Crippen MR) is 154 cm³/mol. The molecule has 5 rings (SSSR count). The van der Waals surface area contributed by atoms with Crippen molar-refractivity contribution in [2.45, 2.75) is 35.5 Å². The monoisotopic (exact) mass is 680 g/mol. The van der Waals surface area contributed by atoms with E-state index in [9.17, 15) is 34.8 Å². The zero-order valence-electron chi connectivity index (χ0n) is 21.7. The minimum absolute atomic E-state index is 0.0397. The average molecular weight is 681 g/mol. The van der Waals surface area contributed by atoms with Crippen molar-refractivity contribution in [2.75, 3.05) is 19.8 Å². The normalized spacial score (nSPS) is 32.1. The van der Waals surface area contributed by atoms with Crippen molar-refractivity contribution in [1.29, 1.82) is 0 Å². The number of ketones is 2. The summed E-state index contributed by atoms with van der Waals surface area (Å²) >= 11 is 2.89. The number of thioether (sulfide) groups is 1. The Hall–Kier alpha value is -2.65. The van der Waals surface area contributed by atoms with E-state index in [1.807, 2.05) is 36.4 Å². The highest BCUT2D eigenvalue weighted by Crippen LogP contribution is 2.57. The zero-order chi connectivity index (χ0) is 29.1. The lowest BCUT2D eigenvalue weighted by atomic mass is 9.54. The molecule has 0 heterocycles. The van der Waals surface area contributed by atoms with Crippen LogP contribution in [0.25, 0.3) is 0 Å². The van der Waals surface area contributed by atoms with Crippen molar-refractivity contribution >= 4 is 52.2 Å². The van der Waals surface area contributed by atoms with Gasteiger partial charge in [-0.2, -0.15) is 0 Å². The third-order valence-electron chi connectivity index (χ3n) is 8.31. The van der Waals surface area contributed by atoms with Crippen molar-refractivity contribution in [2.24, 2.45) is 23.5 Å². The molecule has 0 bridgehead atoms. The van der Waals surface area contributed by atoms with E-state index in [0.29, 0.717) is 17.7 Å². The first kappa shape index (κ1) is 28.9. The van der Waals surface area contributed by atoms with Gasteiger partial charge in [0.05, 0.1) is 23.6 Å². The van der Waals surface area contributed by atoms with Crippen molar-refractivity contribution < 1.29 is 37.9 Å². The molecule has 1 amide bonds. The fraction of sp³-hybridized carbons (Fsp3) is 0.393. The SMILES string of the molecule is CN(C)[C@@H]1C(O)=C(C(N)=O)C(=O)[C@@]2(OI)C(O)=C3C(=O)C4=C(O)CCC=C4[C@H](CSc4ccccc4)[C@H]3[C@H](O)[C@@H]12. The Bertz CT molecular complexity index is 1420. The van der Waals surface area contributed by atoms with Crippen LogP contribution in [0.3, 0.4) is 0 Å². The zero-order valence-corrected chi connectivity index (χ0v) is 24.7. The van der Waals surface area contributed by atoms with Gasteiger partial charge in [-0.05, 0) is 38.2 Å². The van der Waals surface area contributed by atoms with Gasteiger partial charge >= 0.3 is 0 Å². The van der Waals surface area contributed by atoms with E-state index in [4.69, 9.17) is 8.80 Å². The Morgan fingerprint density at radius 3 is 2.48 bits per heavy atom. The summed E-state index contributed by atoms with van der Waals surface area (Å²) < 4.78 is 5.63. The summed E-state index contributed by atoms with van der Waals surface area (Å²) in [5.41, 5.74) is 2.67. The maximum atomic E-state index is 14.0. The lowest BCUT2D eigenvalue weighted by Gasteiger charge is -2.55. The summed E-state index contributed by atoms with van der Waals surface area (Å²) in [4.78, 5) is 42.6. The highest BCUT2D eigenvalue weighted by molar-refractivity contribution is 14.1. The molecule has 1 fully saturated rings. The molecule has 6 atom stereocenters. The molecule has 1 aromatic carbocycles. The second-order valence-corrected chi connectivity index (χ2v) is 12.1. The molecule has 6 N–H and O–H groups in total. The minimum Gasteiger partial charge on any atom is -0.512 e. The summed E-state index contributed by atoms with van der Waals surface area (Å²) in [6.45, 7) is 0. The number of benzene rings is 1. The van der Waals surface area contributed by atoms with Gasteiger partial charge in [0.15, 0.2) is 5.78 Å². The van der Waals surface area contributed by atoms with Gasteiger partial charge in [0.1, 0.15) is 45.9 Å². The van der Waals surface area contributed by atoms with Gasteiger partial charge in [-0.1, -0.05) is 24.3 Å². The number of nitrogens with two attached hydrogens (primary N) is 1. The van der Waals surface area contributed by atoms with E-state index in [2.05, 4.69) is 0 Å². The van der Waals surface area contributed by atoms with Gasteiger partial charge in [-0.15, -0.1) is 11.8 Å². The van der Waals surface area contributed by atoms with Crippen LogP contribution in [-0.4, -0.2) is 80.4 Å². The van der Waals surface area contributed by atoms with E-state index in [-0.39, 0.29) is 23.3 Å². The average Bonchev–Trinajstić information content (AvgIpc) is 2.91. The number of rotatable bonds is 6. The van der Waals surface area contributed by atoms with E-state index in [1.54, 1.807) is 14.1 Å². The Morgan fingerprint density at radius 1 is 1.20 bits per heavy atom. The summed E-state index contributed by atoms with van der Waals surface area (Å²) in [5.74, 6) is -7.13. The quantitative estimate of drug-likeness (QED) is 0.171. The number of aliphatic hydroxyl groups is 4. The molecule has 1 saturated carbocycles. The number of Topliss-reactive ketones (excluding diaryl/α,β-unsaturated/α-hetero) is 2. The van der Waals surface area contributed by atoms with Gasteiger partial charge in [0.25, 0.3) is 5.91 Å². The van der Waals surface area contributed by atoms with E-state index >= 15 is 0 Å². The lowest BCUT2D eigenvalue weighted by Crippen LogP contribution is -2.69. The number of halogens is 1. The fourth-order valence-electron chi connectivity index (χ4n) is 6.64. The van der Waals surface area contributed by atoms with Gasteiger partial charge < -0.3 is 26.2 Å². The molecule has 0 unspecified atom stereocenters. The number of carbonyl (C=O) groups is 3. The largest absolute Gasteiger partial charge is 0.512 e. The second-order valence-electron chi connectivity index (χ2n) is 10.6. The Morgan fingerprint density at radius 2 is 1.88 bits per heavy atom. The number of primary amides is 1. The Kier molecular flexibility index (Phi) is 7.68. The molecule has 10 nitrogen and oxygen atoms in total. The first-order valence-electron chi connectivity index (χ1n) is 12.7. The molecule has 0 spiro atoms. The van der Waals surface area contributed by atoms with Crippen LogP contribution >= 0.6 is 34.8 Å². The number of carbonyl (C=O) groups excluding carboxylic acids is 3. The van der Waals surface area contributed by atoms with Crippen LogP contribution < -0.4 is 5.73 Å². The molecule has 4 aliphatic carbocycles. The first-order valence-corrected chi connectivity index (χ1v) is 14.6. The molecule has 0 aromatic heterocycles. The van der Waals surface area contributed by atoms with Crippen molar-refractivity contribution in [3.05, 3.63) is 76.0 Å². The standard InChI is InChI=1S/C28H29IN2O8S/c1-31(2)21-20-23(34)17-14(11-40-12-7-4-3-5-8-12)13-9-6-10-15(32)16(13)22(33)18(17)25(36)28(20,39-29)26(37)19(24(21)35)27(30)38/h3-5,7-9,14,17,20-21,23,32,34-36H,6,10-11H2,1-2H3,(H2,30,38)/t14-,17+,20+,21-,23-,28-/m0/s1. The van der Waals surface area contributed by atoms with Crippen molar-refractivity contribution in [1.82, 2.24) is 4.90 Å². The molecule has 1 aromatic rings. The molecular weight excluding hydrogens is 651 g/mol. The number of aliphatic hydroxyl groups excluding tert-OH is 4. The van der Waals surface area contributed by atoms with Crippen LogP contribution in [0.2, 0.25) is 0 Å². The van der Waals surface area contributed by atoms with Crippen LogP contribution in [0.4, 0.5) is 0 Å². The summed E-state index contributed by atoms with van der Waals surface area (Å²) in [7, 11) is 3.15. The molecule has 4 aliphatic rings. The molecule has 12 heteroatoms. The lowest BCUT2D eigenvalue weighted by molar-refractivity contribution is -0.152. The third-order valence-corrected chi connectivity index (χ3v) is 10.1. The molecule has 212 valence electrons. The van der Waals surface area contributed by atoms with E-state index < -0.39 is 70.1 Å². The minimum atomic E-state index is -2.39. The topological polar surface area (TPSA) is 171 Å². The van der Waals surface area contributed by atoms with Crippen LogP contribution in [0, 0.1) is 17.8 Å². The third kappa shape index (κ3) is 4.06. The number of hydrogen-bond donors (Lipinski definition) is 5. The van der Waals surface area contributed by atoms with Crippen molar-refractivity contribution in [3.8, 4) is 0 Å². The maximum Gasteiger partial charge on any atom is 0.255 e. The number of fused-ring (bicyclic) bond motifs is 3. The summed E-state index contributed by atoms with van der Waals surface area (Å²) in [5, 5.41) is 45.9. The first-order chi connectivity index (χ1) is 19.0. The number of amides is 1. The van der Waals surface area contributed by atoms with Crippen LogP contribution in [0.1, 0.15) is 12.8 Å². The molecule has 40 heavy (non-hydrogen) atoms. The highest BCUT2D eigenvalue weighted by atomic mass is 127. The van der Waals surface area contributed by atoms with Gasteiger partial charge in [0.2, 0.25) is 11.4 Å². The van der Waals surface area contributed by atoms with Gasteiger partial charge in [-0.3, -0.25) is 22.3 Å². The maximum absolute atomic E-state index is 14.0. The van der Waals surface area contributed by atoms with E-state index in [0.717, 1.165) is 4.90 Å². The van der Waals surface area contributed by atoms with Crippen molar-refractivity contribution in [3.63, 3.8) is 0 Å². The number of allylic oxidation sites excluding steroid dienone is 4.